The molecule has 1 aromatic heterocycles. The van der Waals surface area contributed by atoms with E-state index in [1.165, 1.54) is 18.9 Å². The Morgan fingerprint density at radius 1 is 1.44 bits per heavy atom. The number of imidazole rings is 1. The normalized spacial score (nSPS) is 14.8. The zero-order chi connectivity index (χ0) is 12.7. The molecule has 94 valence electrons. The van der Waals surface area contributed by atoms with Crippen LogP contribution in [0.5, 0.6) is 0 Å². The molecule has 1 aliphatic rings. The number of benzene rings is 1. The second-order valence-corrected chi connectivity index (χ2v) is 5.45. The smallest absolute Gasteiger partial charge is 0.207 e. The van der Waals surface area contributed by atoms with Crippen molar-refractivity contribution in [2.75, 3.05) is 5.32 Å². The summed E-state index contributed by atoms with van der Waals surface area (Å²) < 4.78 is 16.0. The molecule has 18 heavy (non-hydrogen) atoms. The van der Waals surface area contributed by atoms with E-state index >= 15 is 0 Å². The van der Waals surface area contributed by atoms with Crippen molar-refractivity contribution in [2.24, 2.45) is 0 Å². The first-order valence-corrected chi connectivity index (χ1v) is 6.70. The fraction of sp³-hybridized carbons (Fsp3) is 0.308. The third-order valence-corrected chi connectivity index (χ3v) is 3.66. The maximum atomic E-state index is 13.7. The quantitative estimate of drug-likeness (QED) is 0.937. The lowest BCUT2D eigenvalue weighted by atomic mass is 10.2. The Morgan fingerprint density at radius 3 is 2.94 bits per heavy atom. The molecule has 0 spiro atoms. The van der Waals surface area contributed by atoms with Crippen molar-refractivity contribution in [1.29, 1.82) is 0 Å². The van der Waals surface area contributed by atoms with E-state index in [1.54, 1.807) is 12.3 Å². The van der Waals surface area contributed by atoms with Gasteiger partial charge >= 0.3 is 0 Å². The van der Waals surface area contributed by atoms with Crippen LogP contribution >= 0.6 is 15.9 Å². The lowest BCUT2D eigenvalue weighted by Crippen LogP contribution is -2.08. The molecule has 1 aromatic carbocycles. The van der Waals surface area contributed by atoms with Crippen molar-refractivity contribution in [3.8, 4) is 5.69 Å². The highest BCUT2D eigenvalue weighted by Gasteiger charge is 2.23. The van der Waals surface area contributed by atoms with Crippen molar-refractivity contribution < 1.29 is 4.39 Å². The molecule has 3 rings (SSSR count). The van der Waals surface area contributed by atoms with Crippen LogP contribution < -0.4 is 5.32 Å². The summed E-state index contributed by atoms with van der Waals surface area (Å²) in [6.45, 7) is 1.96. The van der Waals surface area contributed by atoms with Crippen LogP contribution in [0.2, 0.25) is 0 Å². The van der Waals surface area contributed by atoms with Gasteiger partial charge in [-0.2, -0.15) is 0 Å². The molecule has 5 heteroatoms. The Balaban J connectivity index is 2.03. The molecule has 0 unspecified atom stereocenters. The molecule has 1 saturated carbocycles. The molecule has 2 aromatic rings. The zero-order valence-electron chi connectivity index (χ0n) is 9.95. The maximum absolute atomic E-state index is 13.7. The summed E-state index contributed by atoms with van der Waals surface area (Å²) in [6.07, 6.45) is 5.94. The molecule has 1 aliphatic carbocycles. The molecule has 1 N–H and O–H groups in total. The Labute approximate surface area is 113 Å². The SMILES string of the molecule is Cc1cc(Br)c(F)cc1-n1ccnc1NC1CC1. The van der Waals surface area contributed by atoms with Crippen LogP contribution in [0.15, 0.2) is 29.0 Å². The van der Waals surface area contributed by atoms with Gasteiger partial charge in [0, 0.05) is 18.4 Å². The van der Waals surface area contributed by atoms with E-state index in [9.17, 15) is 4.39 Å². The molecule has 1 fully saturated rings. The Kier molecular flexibility index (Phi) is 2.86. The van der Waals surface area contributed by atoms with Gasteiger partial charge in [-0.1, -0.05) is 0 Å². The average Bonchev–Trinajstić information content (AvgIpc) is 3.02. The minimum atomic E-state index is -0.262. The minimum Gasteiger partial charge on any atom is -0.353 e. The number of hydrogen-bond acceptors (Lipinski definition) is 2. The number of aromatic nitrogens is 2. The largest absolute Gasteiger partial charge is 0.353 e. The summed E-state index contributed by atoms with van der Waals surface area (Å²) in [5.74, 6) is 0.518. The van der Waals surface area contributed by atoms with Crippen LogP contribution in [0.3, 0.4) is 0 Å². The molecule has 0 saturated heterocycles. The van der Waals surface area contributed by atoms with E-state index in [0.29, 0.717) is 10.5 Å². The monoisotopic (exact) mass is 309 g/mol. The van der Waals surface area contributed by atoms with Crippen LogP contribution in [0, 0.1) is 12.7 Å². The summed E-state index contributed by atoms with van der Waals surface area (Å²) in [4.78, 5) is 4.28. The van der Waals surface area contributed by atoms with Crippen molar-refractivity contribution in [3.63, 3.8) is 0 Å². The Morgan fingerprint density at radius 2 is 2.22 bits per heavy atom. The summed E-state index contributed by atoms with van der Waals surface area (Å²) in [5, 5.41) is 3.34. The van der Waals surface area contributed by atoms with E-state index in [4.69, 9.17) is 0 Å². The molecule has 1 heterocycles. The molecule has 0 atom stereocenters. The number of nitrogens with one attached hydrogen (secondary N) is 1. The van der Waals surface area contributed by atoms with Crippen molar-refractivity contribution in [2.45, 2.75) is 25.8 Å². The number of hydrogen-bond donors (Lipinski definition) is 1. The van der Waals surface area contributed by atoms with Crippen molar-refractivity contribution >= 4 is 21.9 Å². The van der Waals surface area contributed by atoms with E-state index < -0.39 is 0 Å². The number of nitrogens with zero attached hydrogens (tertiary/aromatic N) is 2. The molecule has 0 bridgehead atoms. The van der Waals surface area contributed by atoms with Gasteiger partial charge in [-0.15, -0.1) is 0 Å². The highest BCUT2D eigenvalue weighted by atomic mass is 79.9. The number of anilines is 1. The lowest BCUT2D eigenvalue weighted by Gasteiger charge is -2.12. The topological polar surface area (TPSA) is 29.9 Å². The second-order valence-electron chi connectivity index (χ2n) is 4.59. The van der Waals surface area contributed by atoms with Gasteiger partial charge in [0.15, 0.2) is 0 Å². The first kappa shape index (κ1) is 11.7. The lowest BCUT2D eigenvalue weighted by molar-refractivity contribution is 0.619. The first-order valence-electron chi connectivity index (χ1n) is 5.91. The molecule has 3 nitrogen and oxygen atoms in total. The average molecular weight is 310 g/mol. The van der Waals surface area contributed by atoms with Crippen molar-refractivity contribution in [3.05, 3.63) is 40.4 Å². The van der Waals surface area contributed by atoms with Crippen LogP contribution in [-0.4, -0.2) is 15.6 Å². The van der Waals surface area contributed by atoms with Crippen molar-refractivity contribution in [1.82, 2.24) is 9.55 Å². The Bertz CT molecular complexity index is 590. The van der Waals surface area contributed by atoms with Crippen LogP contribution in [0.1, 0.15) is 18.4 Å². The second kappa shape index (κ2) is 4.39. The summed E-state index contributed by atoms with van der Waals surface area (Å²) in [6, 6.07) is 3.83. The first-order chi connectivity index (χ1) is 8.65. The molecule has 0 aliphatic heterocycles. The fourth-order valence-electron chi connectivity index (χ4n) is 1.91. The highest BCUT2D eigenvalue weighted by Crippen LogP contribution is 2.28. The fourth-order valence-corrected chi connectivity index (χ4v) is 2.37. The minimum absolute atomic E-state index is 0.262. The van der Waals surface area contributed by atoms with Gasteiger partial charge in [0.2, 0.25) is 5.95 Å². The maximum Gasteiger partial charge on any atom is 0.207 e. The number of halogens is 2. The molecular weight excluding hydrogens is 297 g/mol. The standard InChI is InChI=1S/C13H13BrFN3/c1-8-6-10(14)11(15)7-12(8)18-5-4-16-13(18)17-9-2-3-9/h4-7,9H,2-3H2,1H3,(H,16,17). The van der Waals surface area contributed by atoms with Gasteiger partial charge in [-0.25, -0.2) is 9.37 Å². The summed E-state index contributed by atoms with van der Waals surface area (Å²) in [7, 11) is 0. The number of aryl methyl sites for hydroxylation is 1. The van der Waals surface area contributed by atoms with Gasteiger partial charge in [-0.05, 0) is 53.4 Å². The molecular formula is C13H13BrFN3. The number of rotatable bonds is 3. The summed E-state index contributed by atoms with van der Waals surface area (Å²) >= 11 is 3.20. The van der Waals surface area contributed by atoms with Gasteiger partial charge in [0.1, 0.15) is 5.82 Å². The van der Waals surface area contributed by atoms with Gasteiger partial charge in [0.05, 0.1) is 10.2 Å². The zero-order valence-corrected chi connectivity index (χ0v) is 11.5. The van der Waals surface area contributed by atoms with E-state index in [-0.39, 0.29) is 5.82 Å². The molecule has 0 amide bonds. The summed E-state index contributed by atoms with van der Waals surface area (Å²) in [5.41, 5.74) is 1.82. The van der Waals surface area contributed by atoms with Gasteiger partial charge in [-0.3, -0.25) is 4.57 Å². The van der Waals surface area contributed by atoms with Crippen LogP contribution in [-0.2, 0) is 0 Å². The third-order valence-electron chi connectivity index (χ3n) is 3.05. The predicted octanol–water partition coefficient (Wildman–Crippen LogP) is 3.66. The predicted molar refractivity (Wildman–Crippen MR) is 72.6 cm³/mol. The van der Waals surface area contributed by atoms with Gasteiger partial charge in [0.25, 0.3) is 0 Å². The third kappa shape index (κ3) is 2.14. The van der Waals surface area contributed by atoms with Crippen LogP contribution in [0.4, 0.5) is 10.3 Å². The van der Waals surface area contributed by atoms with Gasteiger partial charge < -0.3 is 5.32 Å². The Hall–Kier alpha value is -1.36. The molecule has 0 radical (unpaired) electrons. The van der Waals surface area contributed by atoms with Crippen LogP contribution in [0.25, 0.3) is 5.69 Å². The highest BCUT2D eigenvalue weighted by molar-refractivity contribution is 9.10. The van der Waals surface area contributed by atoms with E-state index in [0.717, 1.165) is 17.2 Å². The van der Waals surface area contributed by atoms with E-state index in [1.807, 2.05) is 17.7 Å². The van der Waals surface area contributed by atoms with E-state index in [2.05, 4.69) is 26.2 Å².